The maximum absolute atomic E-state index is 4.09. The molecule has 1 atom stereocenters. The van der Waals surface area contributed by atoms with Gasteiger partial charge in [-0.3, -0.25) is 0 Å². The summed E-state index contributed by atoms with van der Waals surface area (Å²) >= 11 is 1.80. The van der Waals surface area contributed by atoms with Gasteiger partial charge >= 0.3 is 0 Å². The molecule has 102 valence electrons. The zero-order valence-corrected chi connectivity index (χ0v) is 12.4. The summed E-state index contributed by atoms with van der Waals surface area (Å²) in [5.74, 6) is 0. The van der Waals surface area contributed by atoms with Gasteiger partial charge in [-0.25, -0.2) is 4.98 Å². The van der Waals surface area contributed by atoms with Crippen molar-refractivity contribution in [2.45, 2.75) is 19.9 Å². The smallest absolute Gasteiger partial charge is 0.0991 e. The van der Waals surface area contributed by atoms with Crippen molar-refractivity contribution in [2.24, 2.45) is 0 Å². The standard InChI is InChI=1S/C16H17N3S/c1-12-6-9-20-16(12)13(2)18-14-4-3-5-15(10-14)19-8-7-17-11-19/h3-11,13,18H,1-2H3. The molecular formula is C16H17N3S. The van der Waals surface area contributed by atoms with Crippen LogP contribution in [0.1, 0.15) is 23.4 Å². The van der Waals surface area contributed by atoms with E-state index in [0.29, 0.717) is 6.04 Å². The Labute approximate surface area is 122 Å². The van der Waals surface area contributed by atoms with Crippen LogP contribution in [-0.2, 0) is 0 Å². The Morgan fingerprint density at radius 2 is 2.20 bits per heavy atom. The van der Waals surface area contributed by atoms with Crippen LogP contribution in [0.2, 0.25) is 0 Å². The van der Waals surface area contributed by atoms with E-state index < -0.39 is 0 Å². The van der Waals surface area contributed by atoms with E-state index in [1.807, 2.05) is 17.1 Å². The first-order valence-corrected chi connectivity index (χ1v) is 7.51. The highest BCUT2D eigenvalue weighted by atomic mass is 32.1. The summed E-state index contributed by atoms with van der Waals surface area (Å²) < 4.78 is 2.01. The van der Waals surface area contributed by atoms with Gasteiger partial charge in [-0.15, -0.1) is 11.3 Å². The summed E-state index contributed by atoms with van der Waals surface area (Å²) in [6.45, 7) is 4.36. The van der Waals surface area contributed by atoms with Crippen LogP contribution in [0.3, 0.4) is 0 Å². The van der Waals surface area contributed by atoms with Crippen LogP contribution in [0, 0.1) is 6.92 Å². The highest BCUT2D eigenvalue weighted by molar-refractivity contribution is 7.10. The second kappa shape index (κ2) is 5.51. The minimum absolute atomic E-state index is 0.313. The van der Waals surface area contributed by atoms with Crippen LogP contribution in [0.4, 0.5) is 5.69 Å². The Hall–Kier alpha value is -2.07. The molecule has 2 aromatic heterocycles. The number of nitrogens with zero attached hydrogens (tertiary/aromatic N) is 2. The fraction of sp³-hybridized carbons (Fsp3) is 0.188. The van der Waals surface area contributed by atoms with Crippen LogP contribution < -0.4 is 5.32 Å². The average molecular weight is 283 g/mol. The third kappa shape index (κ3) is 2.60. The Balaban J connectivity index is 1.81. The Bertz CT molecular complexity index is 685. The molecular weight excluding hydrogens is 266 g/mol. The Morgan fingerprint density at radius 3 is 2.90 bits per heavy atom. The highest BCUT2D eigenvalue weighted by Gasteiger charge is 2.09. The molecule has 20 heavy (non-hydrogen) atoms. The van der Waals surface area contributed by atoms with Gasteiger partial charge in [0.2, 0.25) is 0 Å². The molecule has 3 nitrogen and oxygen atoms in total. The molecule has 4 heteroatoms. The number of benzene rings is 1. The number of aromatic nitrogens is 2. The first kappa shape index (κ1) is 12.9. The molecule has 0 aliphatic heterocycles. The molecule has 1 unspecified atom stereocenters. The predicted octanol–water partition coefficient (Wildman–Crippen LogP) is 4.42. The lowest BCUT2D eigenvalue weighted by Crippen LogP contribution is -2.06. The van der Waals surface area contributed by atoms with Gasteiger partial charge in [0, 0.05) is 28.6 Å². The van der Waals surface area contributed by atoms with Gasteiger partial charge in [0.25, 0.3) is 0 Å². The number of nitrogens with one attached hydrogen (secondary N) is 1. The van der Waals surface area contributed by atoms with E-state index in [9.17, 15) is 0 Å². The molecule has 0 spiro atoms. The monoisotopic (exact) mass is 283 g/mol. The van der Waals surface area contributed by atoms with Crippen molar-refractivity contribution in [3.8, 4) is 5.69 Å². The summed E-state index contributed by atoms with van der Waals surface area (Å²) in [6, 6.07) is 10.9. The zero-order valence-electron chi connectivity index (χ0n) is 11.6. The number of thiophene rings is 1. The number of hydrogen-bond acceptors (Lipinski definition) is 3. The van der Waals surface area contributed by atoms with Gasteiger partial charge < -0.3 is 9.88 Å². The van der Waals surface area contributed by atoms with Crippen molar-refractivity contribution in [2.75, 3.05) is 5.32 Å². The maximum atomic E-state index is 4.09. The van der Waals surface area contributed by atoms with Crippen molar-refractivity contribution < 1.29 is 0 Å². The van der Waals surface area contributed by atoms with E-state index in [2.05, 4.69) is 59.9 Å². The number of anilines is 1. The summed E-state index contributed by atoms with van der Waals surface area (Å²) in [6.07, 6.45) is 5.55. The number of imidazole rings is 1. The first-order valence-electron chi connectivity index (χ1n) is 6.63. The lowest BCUT2D eigenvalue weighted by Gasteiger charge is -2.16. The quantitative estimate of drug-likeness (QED) is 0.768. The largest absolute Gasteiger partial charge is 0.378 e. The lowest BCUT2D eigenvalue weighted by molar-refractivity contribution is 0.898. The maximum Gasteiger partial charge on any atom is 0.0991 e. The normalized spacial score (nSPS) is 12.3. The van der Waals surface area contributed by atoms with Crippen molar-refractivity contribution >= 4 is 17.0 Å². The molecule has 3 rings (SSSR count). The zero-order chi connectivity index (χ0) is 13.9. The van der Waals surface area contributed by atoms with Gasteiger partial charge in [0.05, 0.1) is 12.4 Å². The van der Waals surface area contributed by atoms with E-state index in [4.69, 9.17) is 0 Å². The van der Waals surface area contributed by atoms with E-state index in [1.54, 1.807) is 17.5 Å². The van der Waals surface area contributed by atoms with Crippen LogP contribution in [-0.4, -0.2) is 9.55 Å². The third-order valence-electron chi connectivity index (χ3n) is 3.33. The highest BCUT2D eigenvalue weighted by Crippen LogP contribution is 2.27. The molecule has 1 aromatic carbocycles. The van der Waals surface area contributed by atoms with E-state index in [1.165, 1.54) is 10.4 Å². The average Bonchev–Trinajstić information content (AvgIpc) is 3.09. The molecule has 3 aromatic rings. The first-order chi connectivity index (χ1) is 9.74. The molecule has 0 radical (unpaired) electrons. The van der Waals surface area contributed by atoms with Crippen molar-refractivity contribution in [3.05, 3.63) is 64.9 Å². The summed E-state index contributed by atoms with van der Waals surface area (Å²) in [5.41, 5.74) is 3.58. The number of rotatable bonds is 4. The molecule has 0 amide bonds. The molecule has 2 heterocycles. The van der Waals surface area contributed by atoms with Gasteiger partial charge in [-0.1, -0.05) is 6.07 Å². The second-order valence-corrected chi connectivity index (χ2v) is 5.80. The molecule has 0 fully saturated rings. The molecule has 1 N–H and O–H groups in total. The number of hydrogen-bond donors (Lipinski definition) is 1. The van der Waals surface area contributed by atoms with Crippen LogP contribution in [0.25, 0.3) is 5.69 Å². The van der Waals surface area contributed by atoms with E-state index >= 15 is 0 Å². The molecule has 0 bridgehead atoms. The van der Waals surface area contributed by atoms with Gasteiger partial charge in [0.1, 0.15) is 0 Å². The van der Waals surface area contributed by atoms with Crippen molar-refractivity contribution in [1.29, 1.82) is 0 Å². The SMILES string of the molecule is Cc1ccsc1C(C)Nc1cccc(-n2ccnc2)c1. The van der Waals surface area contributed by atoms with E-state index in [-0.39, 0.29) is 0 Å². The van der Waals surface area contributed by atoms with E-state index in [0.717, 1.165) is 11.4 Å². The predicted molar refractivity (Wildman–Crippen MR) is 84.7 cm³/mol. The fourth-order valence-electron chi connectivity index (χ4n) is 2.31. The van der Waals surface area contributed by atoms with Crippen molar-refractivity contribution in [3.63, 3.8) is 0 Å². The van der Waals surface area contributed by atoms with Crippen LogP contribution >= 0.6 is 11.3 Å². The van der Waals surface area contributed by atoms with Crippen LogP contribution in [0.5, 0.6) is 0 Å². The minimum Gasteiger partial charge on any atom is -0.378 e. The Kier molecular flexibility index (Phi) is 3.56. The lowest BCUT2D eigenvalue weighted by atomic mass is 10.2. The summed E-state index contributed by atoms with van der Waals surface area (Å²) in [7, 11) is 0. The van der Waals surface area contributed by atoms with Crippen LogP contribution in [0.15, 0.2) is 54.4 Å². The van der Waals surface area contributed by atoms with Gasteiger partial charge in [0.15, 0.2) is 0 Å². The molecule has 0 saturated heterocycles. The summed E-state index contributed by atoms with van der Waals surface area (Å²) in [5, 5.41) is 5.71. The third-order valence-corrected chi connectivity index (χ3v) is 4.53. The minimum atomic E-state index is 0.313. The molecule has 0 saturated carbocycles. The van der Waals surface area contributed by atoms with Gasteiger partial charge in [-0.2, -0.15) is 0 Å². The number of aryl methyl sites for hydroxylation is 1. The topological polar surface area (TPSA) is 29.9 Å². The van der Waals surface area contributed by atoms with Crippen molar-refractivity contribution in [1.82, 2.24) is 9.55 Å². The Morgan fingerprint density at radius 1 is 1.30 bits per heavy atom. The second-order valence-electron chi connectivity index (χ2n) is 4.85. The molecule has 0 aliphatic rings. The fourth-order valence-corrected chi connectivity index (χ4v) is 3.25. The molecule has 0 aliphatic carbocycles. The summed E-state index contributed by atoms with van der Waals surface area (Å²) in [4.78, 5) is 5.47. The van der Waals surface area contributed by atoms with Gasteiger partial charge in [-0.05, 0) is 49.1 Å².